The molecule has 0 radical (unpaired) electrons. The Labute approximate surface area is 166 Å². The number of hydrogen-bond acceptors (Lipinski definition) is 6. The first-order chi connectivity index (χ1) is 13.2. The molecule has 0 saturated heterocycles. The Hall–Kier alpha value is -2.69. The maximum Gasteiger partial charge on any atom is 0.171 e. The summed E-state index contributed by atoms with van der Waals surface area (Å²) in [5.74, 6) is 5.04. The van der Waals surface area contributed by atoms with Gasteiger partial charge in [0, 0.05) is 33.0 Å². The van der Waals surface area contributed by atoms with Gasteiger partial charge in [-0.05, 0) is 31.4 Å². The van der Waals surface area contributed by atoms with Crippen molar-refractivity contribution >= 4 is 23.0 Å². The van der Waals surface area contributed by atoms with Crippen LogP contribution in [0.5, 0.6) is 0 Å². The van der Waals surface area contributed by atoms with Gasteiger partial charge in [0.05, 0.1) is 16.5 Å². The number of aliphatic hydroxyl groups excluding tert-OH is 1. The van der Waals surface area contributed by atoms with Crippen LogP contribution in [0.2, 0.25) is 0 Å². The molecule has 1 atom stereocenters. The highest BCUT2D eigenvalue weighted by Crippen LogP contribution is 2.39. The Morgan fingerprint density at radius 3 is 3.07 bits per heavy atom. The predicted molar refractivity (Wildman–Crippen MR) is 113 cm³/mol. The maximum absolute atomic E-state index is 10.2. The van der Waals surface area contributed by atoms with Crippen LogP contribution in [0.15, 0.2) is 24.4 Å². The summed E-state index contributed by atoms with van der Waals surface area (Å²) in [6, 6.07) is 5.87. The van der Waals surface area contributed by atoms with Crippen LogP contribution in [0.4, 0.5) is 11.6 Å². The van der Waals surface area contributed by atoms with Gasteiger partial charge in [-0.15, -0.1) is 17.8 Å². The monoisotopic (exact) mass is 385 g/mol. The van der Waals surface area contributed by atoms with E-state index in [1.807, 2.05) is 18.2 Å². The molecule has 3 heterocycles. The Balaban J connectivity index is 0.00000150. The van der Waals surface area contributed by atoms with E-state index in [0.29, 0.717) is 28.9 Å². The molecule has 3 N–H and O–H groups in total. The lowest BCUT2D eigenvalue weighted by molar-refractivity contribution is 0.170. The van der Waals surface area contributed by atoms with Crippen molar-refractivity contribution in [1.29, 1.82) is 0 Å². The van der Waals surface area contributed by atoms with Gasteiger partial charge < -0.3 is 10.4 Å². The number of aromatic nitrogens is 4. The number of hydrogen-bond donors (Lipinski definition) is 3. The molecule has 1 saturated carbocycles. The van der Waals surface area contributed by atoms with Crippen LogP contribution in [0, 0.1) is 12.3 Å². The lowest BCUT2D eigenvalue weighted by atomic mass is 10.2. The second-order valence-corrected chi connectivity index (χ2v) is 7.83. The number of terminal acetylenes is 1. The van der Waals surface area contributed by atoms with Crippen molar-refractivity contribution in [3.05, 3.63) is 40.5 Å². The predicted octanol–water partition coefficient (Wildman–Crippen LogP) is 5.10. The van der Waals surface area contributed by atoms with Gasteiger partial charge in [-0.1, -0.05) is 19.3 Å². The van der Waals surface area contributed by atoms with Crippen molar-refractivity contribution < 1.29 is 9.39 Å². The number of thiophene rings is 1. The van der Waals surface area contributed by atoms with Crippen molar-refractivity contribution in [2.24, 2.45) is 0 Å². The minimum atomic E-state index is -0.443. The average molecular weight is 386 g/mol. The summed E-state index contributed by atoms with van der Waals surface area (Å²) in [6.45, 7) is 2.06. The number of anilines is 2. The number of nitrogens with one attached hydrogen (secondary N) is 2. The zero-order chi connectivity index (χ0) is 18.8. The molecule has 0 aromatic carbocycles. The highest BCUT2D eigenvalue weighted by Gasteiger charge is 2.25. The molecule has 1 aliphatic rings. The number of nitrogens with zero attached hydrogens (tertiary/aromatic N) is 3. The van der Waals surface area contributed by atoms with Crippen LogP contribution >= 0.6 is 11.3 Å². The topological polar surface area (TPSA) is 86.7 Å². The third-order valence-electron chi connectivity index (χ3n) is 4.54. The van der Waals surface area contributed by atoms with Gasteiger partial charge in [0.15, 0.2) is 17.5 Å². The summed E-state index contributed by atoms with van der Waals surface area (Å²) in [6.07, 6.45) is 10.9. The van der Waals surface area contributed by atoms with E-state index in [-0.39, 0.29) is 4.28 Å². The average Bonchev–Trinajstić information content (AvgIpc) is 3.22. The highest BCUT2D eigenvalue weighted by atomic mass is 32.1. The van der Waals surface area contributed by atoms with Crippen molar-refractivity contribution in [2.75, 3.05) is 5.32 Å². The molecule has 144 valence electrons. The lowest BCUT2D eigenvalue weighted by Gasteiger charge is -2.07. The van der Waals surface area contributed by atoms with Crippen LogP contribution in [0.3, 0.4) is 0 Å². The summed E-state index contributed by atoms with van der Waals surface area (Å²) in [5.41, 5.74) is 1.72. The molecule has 0 spiro atoms. The minimum Gasteiger partial charge on any atom is -0.388 e. The third kappa shape index (κ3) is 3.87. The molecule has 3 aromatic rings. The Morgan fingerprint density at radius 2 is 2.33 bits per heavy atom. The number of H-pyrrole nitrogens is 1. The van der Waals surface area contributed by atoms with E-state index in [9.17, 15) is 5.11 Å². The Bertz CT molecular complexity index is 996. The van der Waals surface area contributed by atoms with Crippen LogP contribution < -0.4 is 5.32 Å². The van der Waals surface area contributed by atoms with Crippen molar-refractivity contribution in [3.63, 3.8) is 0 Å². The van der Waals surface area contributed by atoms with Gasteiger partial charge in [0.2, 0.25) is 0 Å². The summed E-state index contributed by atoms with van der Waals surface area (Å²) in [4.78, 5) is 10.8. The molecule has 0 amide bonds. The molecule has 0 aliphatic heterocycles. The van der Waals surface area contributed by atoms with Gasteiger partial charge in [-0.3, -0.25) is 5.10 Å². The molecule has 1 aliphatic carbocycles. The van der Waals surface area contributed by atoms with Gasteiger partial charge in [-0.25, -0.2) is 9.97 Å². The molecule has 27 heavy (non-hydrogen) atoms. The van der Waals surface area contributed by atoms with Crippen LogP contribution in [-0.2, 0) is 0 Å². The van der Waals surface area contributed by atoms with E-state index in [1.165, 1.54) is 24.2 Å². The summed E-state index contributed by atoms with van der Waals surface area (Å²) in [5, 5.41) is 20.8. The minimum absolute atomic E-state index is 0. The fourth-order valence-electron chi connectivity index (χ4n) is 2.89. The number of aliphatic hydroxyl groups is 1. The quantitative estimate of drug-likeness (QED) is 0.492. The fraction of sp³-hybridized carbons (Fsp3) is 0.350. The second-order valence-electron chi connectivity index (χ2n) is 6.71. The van der Waals surface area contributed by atoms with Crippen LogP contribution in [0.25, 0.3) is 10.7 Å². The van der Waals surface area contributed by atoms with E-state index in [2.05, 4.69) is 38.3 Å². The standard InChI is InChI=1S/C20H21N5OS.3H2/c1-3-5-15(26)16-8-9-17(27-16)20-21-11-12(4-2)19(23-20)22-18-10-14(24-25-18)13-6-7-13;;;/h2,8-11,13,15,26H,3,5-7H2,1H3,(H2,21,22,23,24,25);3*1H/t15-;;;/m1.../s1. The van der Waals surface area contributed by atoms with E-state index >= 15 is 0 Å². The van der Waals surface area contributed by atoms with E-state index in [4.69, 9.17) is 6.42 Å². The van der Waals surface area contributed by atoms with E-state index < -0.39 is 6.10 Å². The maximum atomic E-state index is 10.2. The van der Waals surface area contributed by atoms with Crippen molar-refractivity contribution in [1.82, 2.24) is 20.2 Å². The normalized spacial score (nSPS) is 14.7. The van der Waals surface area contributed by atoms with Crippen LogP contribution in [-0.4, -0.2) is 25.3 Å². The fourth-order valence-corrected chi connectivity index (χ4v) is 3.86. The second kappa shape index (κ2) is 7.51. The molecule has 3 aromatic heterocycles. The number of rotatable bonds is 7. The molecule has 4 rings (SSSR count). The molecule has 6 nitrogen and oxygen atoms in total. The zero-order valence-electron chi connectivity index (χ0n) is 15.1. The smallest absolute Gasteiger partial charge is 0.171 e. The SMILES string of the molecule is C#Cc1cnc(-c2ccc([C@H](O)CCC)s2)nc1Nc1cc(C2CC2)[nH]n1.[HH].[HH].[HH]. The van der Waals surface area contributed by atoms with Crippen molar-refractivity contribution in [3.8, 4) is 23.0 Å². The van der Waals surface area contributed by atoms with Gasteiger partial charge in [-0.2, -0.15) is 5.10 Å². The molecule has 0 unspecified atom stereocenters. The van der Waals surface area contributed by atoms with Gasteiger partial charge >= 0.3 is 0 Å². The van der Waals surface area contributed by atoms with Gasteiger partial charge in [0.1, 0.15) is 0 Å². The first kappa shape index (κ1) is 17.7. The summed E-state index contributed by atoms with van der Waals surface area (Å²) in [7, 11) is 0. The first-order valence-electron chi connectivity index (χ1n) is 9.12. The Kier molecular flexibility index (Phi) is 4.92. The first-order valence-corrected chi connectivity index (χ1v) is 9.93. The molecular weight excluding hydrogens is 358 g/mol. The lowest BCUT2D eigenvalue weighted by Crippen LogP contribution is -2.00. The molecular formula is C20H27N5OS. The summed E-state index contributed by atoms with van der Waals surface area (Å²) >= 11 is 1.50. The molecule has 1 fully saturated rings. The molecule has 7 heteroatoms. The van der Waals surface area contributed by atoms with Gasteiger partial charge in [0.25, 0.3) is 0 Å². The third-order valence-corrected chi connectivity index (χ3v) is 5.73. The summed E-state index contributed by atoms with van der Waals surface area (Å²) < 4.78 is 0. The largest absolute Gasteiger partial charge is 0.388 e. The van der Waals surface area contributed by atoms with Crippen LogP contribution in [0.1, 0.15) is 65.0 Å². The number of aromatic amines is 1. The highest BCUT2D eigenvalue weighted by molar-refractivity contribution is 7.15. The Morgan fingerprint density at radius 1 is 1.48 bits per heavy atom. The molecule has 0 bridgehead atoms. The zero-order valence-corrected chi connectivity index (χ0v) is 15.9. The van der Waals surface area contributed by atoms with E-state index in [0.717, 1.165) is 28.3 Å². The van der Waals surface area contributed by atoms with E-state index in [1.54, 1.807) is 6.20 Å². The van der Waals surface area contributed by atoms with Crippen molar-refractivity contribution in [2.45, 2.75) is 44.6 Å².